The van der Waals surface area contributed by atoms with Crippen molar-refractivity contribution in [2.75, 3.05) is 13.7 Å². The first-order chi connectivity index (χ1) is 8.21. The standard InChI is InChI=1S/C12H23NO4Si/c1-7-9(2)10(8-13-12(15)16-3)11(14)17-18(4,5)6/h7,9-10H,1,8H2,2-6H3,(H,13,15). The Labute approximate surface area is 110 Å². The molecule has 0 saturated carbocycles. The third-order valence-electron chi connectivity index (χ3n) is 2.37. The lowest BCUT2D eigenvalue weighted by atomic mass is 9.94. The first kappa shape index (κ1) is 16.7. The maximum atomic E-state index is 12.0. The molecule has 0 fully saturated rings. The summed E-state index contributed by atoms with van der Waals surface area (Å²) >= 11 is 0. The van der Waals surface area contributed by atoms with Crippen LogP contribution < -0.4 is 5.32 Å². The van der Waals surface area contributed by atoms with Crippen LogP contribution in [0.4, 0.5) is 4.79 Å². The zero-order valence-electron chi connectivity index (χ0n) is 11.8. The predicted molar refractivity (Wildman–Crippen MR) is 72.7 cm³/mol. The van der Waals surface area contributed by atoms with Crippen molar-refractivity contribution in [2.24, 2.45) is 11.8 Å². The van der Waals surface area contributed by atoms with Gasteiger partial charge in [-0.3, -0.25) is 4.79 Å². The molecule has 0 saturated heterocycles. The lowest BCUT2D eigenvalue weighted by Crippen LogP contribution is -2.40. The van der Waals surface area contributed by atoms with Gasteiger partial charge in [0.1, 0.15) is 0 Å². The Morgan fingerprint density at radius 2 is 1.94 bits per heavy atom. The van der Waals surface area contributed by atoms with Gasteiger partial charge in [-0.25, -0.2) is 4.79 Å². The number of allylic oxidation sites excluding steroid dienone is 1. The van der Waals surface area contributed by atoms with Gasteiger partial charge < -0.3 is 14.5 Å². The Kier molecular flexibility index (Phi) is 6.68. The normalized spacial score (nSPS) is 14.3. The summed E-state index contributed by atoms with van der Waals surface area (Å²) in [5, 5.41) is 2.52. The molecule has 18 heavy (non-hydrogen) atoms. The van der Waals surface area contributed by atoms with Crippen molar-refractivity contribution in [1.82, 2.24) is 5.32 Å². The first-order valence-corrected chi connectivity index (χ1v) is 9.29. The fraction of sp³-hybridized carbons (Fsp3) is 0.667. The quantitative estimate of drug-likeness (QED) is 0.595. The van der Waals surface area contributed by atoms with E-state index >= 15 is 0 Å². The van der Waals surface area contributed by atoms with Crippen LogP contribution in [0.5, 0.6) is 0 Å². The van der Waals surface area contributed by atoms with Crippen LogP contribution >= 0.6 is 0 Å². The van der Waals surface area contributed by atoms with Gasteiger partial charge in [0.2, 0.25) is 8.32 Å². The van der Waals surface area contributed by atoms with E-state index in [0.29, 0.717) is 0 Å². The number of carbonyl (C=O) groups is 2. The highest BCUT2D eigenvalue weighted by Crippen LogP contribution is 2.17. The smallest absolute Gasteiger partial charge is 0.406 e. The third kappa shape index (κ3) is 6.44. The summed E-state index contributed by atoms with van der Waals surface area (Å²) in [5.41, 5.74) is 0. The van der Waals surface area contributed by atoms with Gasteiger partial charge in [0.25, 0.3) is 5.97 Å². The second-order valence-corrected chi connectivity index (χ2v) is 9.54. The topological polar surface area (TPSA) is 64.6 Å². The van der Waals surface area contributed by atoms with Crippen molar-refractivity contribution in [2.45, 2.75) is 26.6 Å². The van der Waals surface area contributed by atoms with E-state index in [-0.39, 0.29) is 18.4 Å². The second kappa shape index (κ2) is 7.20. The van der Waals surface area contributed by atoms with Gasteiger partial charge in [0, 0.05) is 6.54 Å². The minimum atomic E-state index is -1.93. The molecule has 5 nitrogen and oxygen atoms in total. The Balaban J connectivity index is 4.63. The summed E-state index contributed by atoms with van der Waals surface area (Å²) in [7, 11) is -0.655. The molecule has 0 aromatic heterocycles. The first-order valence-electron chi connectivity index (χ1n) is 5.88. The number of amides is 1. The van der Waals surface area contributed by atoms with Crippen molar-refractivity contribution in [1.29, 1.82) is 0 Å². The number of alkyl carbamates (subject to hydrolysis) is 1. The molecule has 0 aromatic rings. The maximum absolute atomic E-state index is 12.0. The molecule has 1 amide bonds. The number of rotatable bonds is 6. The van der Waals surface area contributed by atoms with Gasteiger partial charge in [0.15, 0.2) is 0 Å². The van der Waals surface area contributed by atoms with Gasteiger partial charge in [-0.05, 0) is 25.6 Å². The van der Waals surface area contributed by atoms with E-state index in [1.54, 1.807) is 6.08 Å². The molecular weight excluding hydrogens is 250 g/mol. The molecule has 0 rings (SSSR count). The monoisotopic (exact) mass is 273 g/mol. The third-order valence-corrected chi connectivity index (χ3v) is 3.18. The molecule has 0 heterocycles. The van der Waals surface area contributed by atoms with Crippen molar-refractivity contribution >= 4 is 20.4 Å². The Morgan fingerprint density at radius 1 is 1.39 bits per heavy atom. The number of hydrogen-bond donors (Lipinski definition) is 1. The molecule has 1 N–H and O–H groups in total. The molecule has 0 spiro atoms. The van der Waals surface area contributed by atoms with Crippen LogP contribution in [-0.4, -0.2) is 34.0 Å². The minimum Gasteiger partial charge on any atom is -0.520 e. The lowest BCUT2D eigenvalue weighted by Gasteiger charge is -2.25. The molecule has 104 valence electrons. The molecule has 0 aliphatic rings. The van der Waals surface area contributed by atoms with Crippen molar-refractivity contribution in [3.05, 3.63) is 12.7 Å². The number of carbonyl (C=O) groups excluding carboxylic acids is 2. The van der Waals surface area contributed by atoms with Gasteiger partial charge in [0.05, 0.1) is 13.0 Å². The number of ether oxygens (including phenoxy) is 1. The number of nitrogens with one attached hydrogen (secondary N) is 1. The van der Waals surface area contributed by atoms with Gasteiger partial charge in [-0.1, -0.05) is 13.0 Å². The second-order valence-electron chi connectivity index (χ2n) is 5.11. The van der Waals surface area contributed by atoms with Crippen molar-refractivity contribution < 1.29 is 18.8 Å². The summed E-state index contributed by atoms with van der Waals surface area (Å²) in [6.07, 6.45) is 1.12. The van der Waals surface area contributed by atoms with Crippen LogP contribution in [0.3, 0.4) is 0 Å². The Hall–Kier alpha value is -1.30. The predicted octanol–water partition coefficient (Wildman–Crippen LogP) is 2.16. The molecule has 0 bridgehead atoms. The number of methoxy groups -OCH3 is 1. The van der Waals surface area contributed by atoms with Gasteiger partial charge in [-0.2, -0.15) is 0 Å². The van der Waals surface area contributed by atoms with Crippen molar-refractivity contribution in [3.63, 3.8) is 0 Å². The van der Waals surface area contributed by atoms with Crippen LogP contribution in [-0.2, 0) is 14.0 Å². The highest BCUT2D eigenvalue weighted by Gasteiger charge is 2.29. The van der Waals surface area contributed by atoms with Gasteiger partial charge >= 0.3 is 6.09 Å². The highest BCUT2D eigenvalue weighted by atomic mass is 28.4. The SMILES string of the molecule is C=CC(C)C(CNC(=O)OC)C(=O)O[Si](C)(C)C. The molecule has 2 unspecified atom stereocenters. The minimum absolute atomic E-state index is 0.0778. The maximum Gasteiger partial charge on any atom is 0.406 e. The average molecular weight is 273 g/mol. The summed E-state index contributed by atoms with van der Waals surface area (Å²) in [6, 6.07) is 0. The van der Waals surface area contributed by atoms with E-state index < -0.39 is 20.3 Å². The van der Waals surface area contributed by atoms with Crippen LogP contribution in [0.15, 0.2) is 12.7 Å². The van der Waals surface area contributed by atoms with E-state index in [9.17, 15) is 9.59 Å². The fourth-order valence-corrected chi connectivity index (χ4v) is 2.05. The Bertz CT molecular complexity index is 312. The zero-order chi connectivity index (χ0) is 14.3. The molecule has 0 aliphatic heterocycles. The van der Waals surface area contributed by atoms with E-state index in [1.165, 1.54) is 7.11 Å². The number of hydrogen-bond acceptors (Lipinski definition) is 4. The molecular formula is C12H23NO4Si. The van der Waals surface area contributed by atoms with Gasteiger partial charge in [-0.15, -0.1) is 6.58 Å². The Morgan fingerprint density at radius 3 is 2.33 bits per heavy atom. The molecule has 0 aromatic carbocycles. The lowest BCUT2D eigenvalue weighted by molar-refractivity contribution is -0.140. The van der Waals surface area contributed by atoms with Crippen LogP contribution in [0.25, 0.3) is 0 Å². The molecule has 0 radical (unpaired) electrons. The summed E-state index contributed by atoms with van der Waals surface area (Å²) in [4.78, 5) is 23.1. The van der Waals surface area contributed by atoms with Crippen LogP contribution in [0, 0.1) is 11.8 Å². The van der Waals surface area contributed by atoms with Crippen LogP contribution in [0.1, 0.15) is 6.92 Å². The average Bonchev–Trinajstić information content (AvgIpc) is 2.26. The van der Waals surface area contributed by atoms with Crippen LogP contribution in [0.2, 0.25) is 19.6 Å². The molecule has 6 heteroatoms. The summed E-state index contributed by atoms with van der Waals surface area (Å²) < 4.78 is 9.92. The highest BCUT2D eigenvalue weighted by molar-refractivity contribution is 6.71. The van der Waals surface area contributed by atoms with E-state index in [4.69, 9.17) is 4.43 Å². The summed E-state index contributed by atoms with van der Waals surface area (Å²) in [5.74, 6) is -0.808. The van der Waals surface area contributed by atoms with E-state index in [2.05, 4.69) is 16.6 Å². The van der Waals surface area contributed by atoms with E-state index in [1.807, 2.05) is 26.6 Å². The van der Waals surface area contributed by atoms with Crippen molar-refractivity contribution in [3.8, 4) is 0 Å². The molecule has 0 aliphatic carbocycles. The summed E-state index contributed by atoms with van der Waals surface area (Å²) in [6.45, 7) is 11.5. The van der Waals surface area contributed by atoms with E-state index in [0.717, 1.165) is 0 Å². The largest absolute Gasteiger partial charge is 0.520 e. The fourth-order valence-electron chi connectivity index (χ4n) is 1.29. The zero-order valence-corrected chi connectivity index (χ0v) is 12.8. The molecule has 2 atom stereocenters.